The number of amides is 1. The third-order valence-corrected chi connectivity index (χ3v) is 5.20. The second-order valence-corrected chi connectivity index (χ2v) is 7.05. The molecule has 1 aliphatic rings. The normalized spacial score (nSPS) is 16.5. The van der Waals surface area contributed by atoms with Gasteiger partial charge in [-0.25, -0.2) is 15.0 Å². The Morgan fingerprint density at radius 3 is 2.66 bits per heavy atom. The van der Waals surface area contributed by atoms with E-state index in [1.165, 1.54) is 0 Å². The van der Waals surface area contributed by atoms with Gasteiger partial charge in [-0.1, -0.05) is 0 Å². The predicted octanol–water partition coefficient (Wildman–Crippen LogP) is 3.62. The summed E-state index contributed by atoms with van der Waals surface area (Å²) in [5.74, 6) is 1.15. The lowest BCUT2D eigenvalue weighted by Crippen LogP contribution is -2.39. The first-order valence-corrected chi connectivity index (χ1v) is 9.72. The second-order valence-electron chi connectivity index (χ2n) is 7.05. The minimum atomic E-state index is -0.108. The molecule has 1 atom stereocenters. The lowest BCUT2D eigenvalue weighted by molar-refractivity contribution is 0.0606. The van der Waals surface area contributed by atoms with Crippen LogP contribution < -0.4 is 4.74 Å². The molecule has 0 radical (unpaired) electrons. The van der Waals surface area contributed by atoms with E-state index in [0.717, 1.165) is 36.1 Å². The lowest BCUT2D eigenvalue weighted by atomic mass is 9.93. The zero-order chi connectivity index (χ0) is 20.2. The molecule has 0 aliphatic carbocycles. The van der Waals surface area contributed by atoms with Crippen LogP contribution in [0.4, 0.5) is 0 Å². The maximum atomic E-state index is 13.3. The van der Waals surface area contributed by atoms with Gasteiger partial charge in [-0.05, 0) is 49.9 Å². The monoisotopic (exact) mass is 389 g/mol. The van der Waals surface area contributed by atoms with Crippen LogP contribution in [0.1, 0.15) is 47.2 Å². The van der Waals surface area contributed by atoms with Gasteiger partial charge >= 0.3 is 0 Å². The van der Waals surface area contributed by atoms with E-state index in [9.17, 15) is 4.79 Å². The summed E-state index contributed by atoms with van der Waals surface area (Å²) >= 11 is 0. The fraction of sp³-hybridized carbons (Fsp3) is 0.318. The molecule has 0 bridgehead atoms. The van der Waals surface area contributed by atoms with Crippen molar-refractivity contribution in [1.82, 2.24) is 24.8 Å². The second kappa shape index (κ2) is 8.34. The number of pyridine rings is 2. The highest BCUT2D eigenvalue weighted by Gasteiger charge is 2.32. The predicted molar refractivity (Wildman–Crippen MR) is 108 cm³/mol. The van der Waals surface area contributed by atoms with E-state index in [4.69, 9.17) is 9.72 Å². The fourth-order valence-electron chi connectivity index (χ4n) is 3.75. The molecule has 4 heterocycles. The molecule has 0 spiro atoms. The quantitative estimate of drug-likeness (QED) is 0.678. The summed E-state index contributed by atoms with van der Waals surface area (Å²) in [5, 5.41) is 0. The van der Waals surface area contributed by atoms with Crippen LogP contribution in [-0.2, 0) is 0 Å². The van der Waals surface area contributed by atoms with Crippen molar-refractivity contribution < 1.29 is 9.53 Å². The molecule has 1 aliphatic heterocycles. The molecular weight excluding hydrogens is 366 g/mol. The number of methoxy groups -OCH3 is 1. The van der Waals surface area contributed by atoms with Crippen LogP contribution in [0, 0.1) is 6.92 Å². The van der Waals surface area contributed by atoms with E-state index in [-0.39, 0.29) is 11.9 Å². The Balaban J connectivity index is 1.72. The van der Waals surface area contributed by atoms with Crippen molar-refractivity contribution in [2.24, 2.45) is 0 Å². The highest BCUT2D eigenvalue weighted by Crippen LogP contribution is 2.36. The molecule has 3 aromatic heterocycles. The average molecular weight is 389 g/mol. The molecule has 148 valence electrons. The van der Waals surface area contributed by atoms with E-state index in [1.54, 1.807) is 37.8 Å². The number of ether oxygens (including phenoxy) is 1. The van der Waals surface area contributed by atoms with Gasteiger partial charge in [-0.2, -0.15) is 0 Å². The van der Waals surface area contributed by atoms with E-state index < -0.39 is 0 Å². The van der Waals surface area contributed by atoms with Crippen LogP contribution in [0.25, 0.3) is 11.1 Å². The first-order chi connectivity index (χ1) is 14.2. The number of carbonyl (C=O) groups is 1. The largest absolute Gasteiger partial charge is 0.481 e. The molecule has 3 aromatic rings. The summed E-state index contributed by atoms with van der Waals surface area (Å²) in [7, 11) is 1.56. The van der Waals surface area contributed by atoms with Gasteiger partial charge in [-0.15, -0.1) is 0 Å². The minimum absolute atomic E-state index is 0.0400. The molecule has 1 unspecified atom stereocenters. The molecule has 7 heteroatoms. The van der Waals surface area contributed by atoms with Crippen molar-refractivity contribution in [3.05, 3.63) is 66.1 Å². The minimum Gasteiger partial charge on any atom is -0.481 e. The van der Waals surface area contributed by atoms with Crippen LogP contribution in [0.2, 0.25) is 0 Å². The third-order valence-electron chi connectivity index (χ3n) is 5.20. The molecule has 0 saturated carbocycles. The van der Waals surface area contributed by atoms with E-state index >= 15 is 0 Å². The highest BCUT2D eigenvalue weighted by atomic mass is 16.5. The molecule has 1 fully saturated rings. The van der Waals surface area contributed by atoms with Crippen LogP contribution in [-0.4, -0.2) is 44.4 Å². The summed E-state index contributed by atoms with van der Waals surface area (Å²) in [4.78, 5) is 32.7. The Bertz CT molecular complexity index is 992. The van der Waals surface area contributed by atoms with Crippen LogP contribution in [0.5, 0.6) is 5.88 Å². The number of hydrogen-bond acceptors (Lipinski definition) is 6. The van der Waals surface area contributed by atoms with Crippen molar-refractivity contribution >= 4 is 5.91 Å². The van der Waals surface area contributed by atoms with E-state index in [1.807, 2.05) is 30.2 Å². The van der Waals surface area contributed by atoms with Gasteiger partial charge in [0.2, 0.25) is 5.88 Å². The summed E-state index contributed by atoms with van der Waals surface area (Å²) in [6.45, 7) is 2.57. The topological polar surface area (TPSA) is 81.1 Å². The van der Waals surface area contributed by atoms with Gasteiger partial charge in [0.05, 0.1) is 24.4 Å². The van der Waals surface area contributed by atoms with Crippen molar-refractivity contribution in [1.29, 1.82) is 0 Å². The number of aromatic nitrogens is 4. The van der Waals surface area contributed by atoms with Gasteiger partial charge in [0, 0.05) is 43.0 Å². The number of rotatable bonds is 4. The number of likely N-dealkylation sites (tertiary alicyclic amines) is 1. The standard InChI is InChI=1S/C22H23N5O2/c1-15-24-14-18(16-8-10-23-11-9-16)21(26-15)19-5-3-4-12-27(19)22(28)17-6-7-20(29-2)25-13-17/h6-11,13-14,19H,3-5,12H2,1-2H3. The number of piperidine rings is 1. The fourth-order valence-corrected chi connectivity index (χ4v) is 3.75. The Hall–Kier alpha value is -3.35. The Kier molecular flexibility index (Phi) is 5.46. The zero-order valence-electron chi connectivity index (χ0n) is 16.6. The van der Waals surface area contributed by atoms with Crippen molar-refractivity contribution in [2.75, 3.05) is 13.7 Å². The molecule has 29 heavy (non-hydrogen) atoms. The molecular formula is C22H23N5O2. The smallest absolute Gasteiger partial charge is 0.255 e. The molecule has 7 nitrogen and oxygen atoms in total. The maximum absolute atomic E-state index is 13.3. The molecule has 1 amide bonds. The van der Waals surface area contributed by atoms with Crippen LogP contribution in [0.15, 0.2) is 49.1 Å². The van der Waals surface area contributed by atoms with Gasteiger partial charge < -0.3 is 9.64 Å². The van der Waals surface area contributed by atoms with Crippen LogP contribution >= 0.6 is 0 Å². The summed E-state index contributed by atoms with van der Waals surface area (Å²) in [5.41, 5.74) is 3.38. The number of hydrogen-bond donors (Lipinski definition) is 0. The van der Waals surface area contributed by atoms with Crippen molar-refractivity contribution in [3.8, 4) is 17.0 Å². The van der Waals surface area contributed by atoms with Gasteiger partial charge in [0.25, 0.3) is 5.91 Å². The lowest BCUT2D eigenvalue weighted by Gasteiger charge is -2.36. The van der Waals surface area contributed by atoms with Gasteiger partial charge in [0.1, 0.15) is 5.82 Å². The molecule has 0 aromatic carbocycles. The third kappa shape index (κ3) is 3.94. The van der Waals surface area contributed by atoms with Gasteiger partial charge in [0.15, 0.2) is 0 Å². The Morgan fingerprint density at radius 1 is 1.10 bits per heavy atom. The van der Waals surface area contributed by atoms with Gasteiger partial charge in [-0.3, -0.25) is 9.78 Å². The first kappa shape index (κ1) is 19.0. The SMILES string of the molecule is COc1ccc(C(=O)N2CCCCC2c2nc(C)ncc2-c2ccncc2)cn1. The van der Waals surface area contributed by atoms with Crippen LogP contribution in [0.3, 0.4) is 0 Å². The van der Waals surface area contributed by atoms with E-state index in [2.05, 4.69) is 15.0 Å². The van der Waals surface area contributed by atoms with Crippen molar-refractivity contribution in [2.45, 2.75) is 32.2 Å². The summed E-state index contributed by atoms with van der Waals surface area (Å²) < 4.78 is 5.10. The highest BCUT2D eigenvalue weighted by molar-refractivity contribution is 5.94. The average Bonchev–Trinajstić information content (AvgIpc) is 2.79. The van der Waals surface area contributed by atoms with Crippen molar-refractivity contribution in [3.63, 3.8) is 0 Å². The summed E-state index contributed by atoms with van der Waals surface area (Å²) in [6, 6.07) is 7.25. The number of aryl methyl sites for hydroxylation is 1. The molecule has 0 N–H and O–H groups in total. The zero-order valence-corrected chi connectivity index (χ0v) is 16.6. The maximum Gasteiger partial charge on any atom is 0.255 e. The molecule has 1 saturated heterocycles. The number of nitrogens with zero attached hydrogens (tertiary/aromatic N) is 5. The molecule has 4 rings (SSSR count). The Morgan fingerprint density at radius 2 is 1.93 bits per heavy atom. The Labute approximate surface area is 169 Å². The first-order valence-electron chi connectivity index (χ1n) is 9.72. The number of carbonyl (C=O) groups excluding carboxylic acids is 1. The summed E-state index contributed by atoms with van der Waals surface area (Å²) in [6.07, 6.45) is 9.82. The van der Waals surface area contributed by atoms with E-state index in [0.29, 0.717) is 23.8 Å².